The Labute approximate surface area is 229 Å². The van der Waals surface area contributed by atoms with Gasteiger partial charge in [0.2, 0.25) is 0 Å². The quantitative estimate of drug-likeness (QED) is 0.197. The Bertz CT molecular complexity index is 374. The van der Waals surface area contributed by atoms with Crippen molar-refractivity contribution in [3.8, 4) is 0 Å². The van der Waals surface area contributed by atoms with Gasteiger partial charge in [0.15, 0.2) is 0 Å². The first-order valence-corrected chi connectivity index (χ1v) is 15.4. The zero-order valence-corrected chi connectivity index (χ0v) is 28.4. The van der Waals surface area contributed by atoms with Crippen LogP contribution in [0.25, 0.3) is 0 Å². The molecule has 1 rings (SSSR count). The fraction of sp³-hybridized carbons (Fsp3) is 1.00. The van der Waals surface area contributed by atoms with Crippen molar-refractivity contribution in [2.75, 3.05) is 12.3 Å². The van der Waals surface area contributed by atoms with Crippen molar-refractivity contribution in [2.45, 2.75) is 152 Å². The number of rotatable bonds is 6. The maximum absolute atomic E-state index is 9.53. The second-order valence-corrected chi connectivity index (χ2v) is 14.2. The molecule has 1 saturated carbocycles. The van der Waals surface area contributed by atoms with Gasteiger partial charge < -0.3 is 10.2 Å². The van der Waals surface area contributed by atoms with Crippen molar-refractivity contribution < 1.29 is 31.9 Å². The molecule has 0 N–H and O–H groups in total. The summed E-state index contributed by atoms with van der Waals surface area (Å²) in [6.45, 7) is 25.9. The van der Waals surface area contributed by atoms with E-state index in [9.17, 15) is 10.2 Å². The average molecular weight is 541 g/mol. The minimum Gasteiger partial charge on any atom is -0.852 e. The molecule has 0 aliphatic heterocycles. The maximum Gasteiger partial charge on any atom is 2.00 e. The van der Waals surface area contributed by atoms with Gasteiger partial charge in [0.25, 0.3) is 0 Å². The molecule has 0 spiro atoms. The molecule has 3 unspecified atom stereocenters. The molecule has 200 valence electrons. The summed E-state index contributed by atoms with van der Waals surface area (Å²) in [5.74, 6) is 0. The van der Waals surface area contributed by atoms with Crippen molar-refractivity contribution in [2.24, 2.45) is 16.2 Å². The number of unbranched alkanes of at least 4 members (excludes halogenated alkanes) is 2. The summed E-state index contributed by atoms with van der Waals surface area (Å²) < 4.78 is 0. The van der Waals surface area contributed by atoms with Gasteiger partial charge in [0.05, 0.1) is 0 Å². The molecule has 0 amide bonds. The molecule has 33 heavy (non-hydrogen) atoms. The largest absolute Gasteiger partial charge is 2.00 e. The van der Waals surface area contributed by atoms with Gasteiger partial charge in [-0.15, -0.1) is 30.0 Å². The van der Waals surface area contributed by atoms with Gasteiger partial charge in [-0.3, -0.25) is 0 Å². The zero-order valence-electron chi connectivity index (χ0n) is 24.7. The maximum atomic E-state index is 9.53. The standard InChI is InChI=1S/C18H37P.C4H11P.2C3H7O.Ti/c1-8-9-13-19-15-11-10-12-18(14-15,16(2,3)4)17(5,6)7;1-2-3-4-5;2*1-3(2)4;/h15,19H,8-14H2,1-7H3;2-5H2,1H3;2*3H,1-2H3;/q;;2*-1;+2. The van der Waals surface area contributed by atoms with Crippen molar-refractivity contribution in [1.29, 1.82) is 0 Å². The van der Waals surface area contributed by atoms with Crippen LogP contribution in [0.5, 0.6) is 0 Å². The van der Waals surface area contributed by atoms with Crippen LogP contribution in [-0.4, -0.2) is 30.2 Å². The molecule has 0 saturated heterocycles. The predicted molar refractivity (Wildman–Crippen MR) is 151 cm³/mol. The first kappa shape index (κ1) is 41.6. The van der Waals surface area contributed by atoms with Crippen LogP contribution < -0.4 is 10.2 Å². The topological polar surface area (TPSA) is 46.1 Å². The summed E-state index contributed by atoms with van der Waals surface area (Å²) in [6, 6.07) is 0. The molecule has 1 fully saturated rings. The SMILES string of the molecule is CC(C)[O-].CC(C)[O-].CCCCP.CCCCPC1CCCC(C(C)(C)C)(C(C)(C)C)C1.[Ti+2]. The Morgan fingerprint density at radius 3 is 1.55 bits per heavy atom. The van der Waals surface area contributed by atoms with E-state index in [1.807, 2.05) is 0 Å². The zero-order chi connectivity index (χ0) is 26.0. The van der Waals surface area contributed by atoms with E-state index in [0.29, 0.717) is 16.2 Å². The third kappa shape index (κ3) is 22.4. The van der Waals surface area contributed by atoms with E-state index in [-0.39, 0.29) is 21.7 Å². The molecule has 0 aromatic rings. The van der Waals surface area contributed by atoms with Crippen LogP contribution in [0.15, 0.2) is 0 Å². The van der Waals surface area contributed by atoms with Crippen LogP contribution in [0.1, 0.15) is 134 Å². The van der Waals surface area contributed by atoms with Gasteiger partial charge in [-0.1, -0.05) is 109 Å². The third-order valence-electron chi connectivity index (χ3n) is 6.14. The first-order chi connectivity index (χ1) is 14.5. The molecule has 1 aliphatic carbocycles. The Kier molecular flexibility index (Phi) is 28.6. The van der Waals surface area contributed by atoms with E-state index < -0.39 is 12.2 Å². The fourth-order valence-corrected chi connectivity index (χ4v) is 6.90. The fourth-order valence-electron chi connectivity index (χ4n) is 4.62. The Balaban J connectivity index is -0.000000247. The first-order valence-electron chi connectivity index (χ1n) is 13.3. The Morgan fingerprint density at radius 2 is 1.27 bits per heavy atom. The van der Waals surface area contributed by atoms with Gasteiger partial charge in [-0.05, 0) is 59.9 Å². The Hall–Kier alpha value is 1.49. The summed E-state index contributed by atoms with van der Waals surface area (Å²) in [5, 5.41) is 19.1. The minimum atomic E-state index is -0.417. The van der Waals surface area contributed by atoms with E-state index in [1.54, 1.807) is 27.7 Å². The van der Waals surface area contributed by atoms with Crippen molar-refractivity contribution in [1.82, 2.24) is 0 Å². The smallest absolute Gasteiger partial charge is 0.852 e. The van der Waals surface area contributed by atoms with Crippen LogP contribution in [0.3, 0.4) is 0 Å². The monoisotopic (exact) mass is 540 g/mol. The summed E-state index contributed by atoms with van der Waals surface area (Å²) >= 11 is 0. The van der Waals surface area contributed by atoms with Crippen molar-refractivity contribution in [3.63, 3.8) is 0 Å². The van der Waals surface area contributed by atoms with E-state index in [2.05, 4.69) is 64.6 Å². The molecule has 0 aromatic heterocycles. The van der Waals surface area contributed by atoms with E-state index in [4.69, 9.17) is 0 Å². The molecular formula is C28H62O2P2Ti. The Morgan fingerprint density at radius 1 is 0.879 bits per heavy atom. The van der Waals surface area contributed by atoms with Gasteiger partial charge in [0, 0.05) is 0 Å². The van der Waals surface area contributed by atoms with Crippen LogP contribution in [-0.2, 0) is 21.7 Å². The molecule has 0 bridgehead atoms. The van der Waals surface area contributed by atoms with Gasteiger partial charge >= 0.3 is 21.7 Å². The van der Waals surface area contributed by atoms with Crippen LogP contribution >= 0.6 is 17.8 Å². The van der Waals surface area contributed by atoms with Crippen LogP contribution in [0, 0.1) is 16.2 Å². The van der Waals surface area contributed by atoms with E-state index >= 15 is 0 Å². The summed E-state index contributed by atoms with van der Waals surface area (Å²) in [6.07, 6.45) is 13.2. The van der Waals surface area contributed by atoms with Crippen molar-refractivity contribution in [3.05, 3.63) is 0 Å². The number of hydrogen-bond donors (Lipinski definition) is 0. The average Bonchev–Trinajstić information content (AvgIpc) is 2.60. The van der Waals surface area contributed by atoms with E-state index in [1.165, 1.54) is 72.3 Å². The predicted octanol–water partition coefficient (Wildman–Crippen LogP) is 7.66. The minimum absolute atomic E-state index is 0. The van der Waals surface area contributed by atoms with Crippen molar-refractivity contribution >= 4 is 17.8 Å². The summed E-state index contributed by atoms with van der Waals surface area (Å²) in [7, 11) is 3.91. The molecule has 0 heterocycles. The van der Waals surface area contributed by atoms with Crippen LogP contribution in [0.2, 0.25) is 0 Å². The molecular weight excluding hydrogens is 478 g/mol. The molecule has 2 nitrogen and oxygen atoms in total. The van der Waals surface area contributed by atoms with Gasteiger partial charge in [-0.25, -0.2) is 0 Å². The number of hydrogen-bond acceptors (Lipinski definition) is 2. The summed E-state index contributed by atoms with van der Waals surface area (Å²) in [5.41, 5.74) is 2.40. The van der Waals surface area contributed by atoms with Crippen LogP contribution in [0.4, 0.5) is 0 Å². The second kappa shape index (κ2) is 22.7. The van der Waals surface area contributed by atoms with Gasteiger partial charge in [0.1, 0.15) is 0 Å². The molecule has 0 aromatic carbocycles. The molecule has 0 radical (unpaired) electrons. The molecule has 3 atom stereocenters. The normalized spacial score (nSPS) is 17.9. The second-order valence-electron chi connectivity index (χ2n) is 11.9. The van der Waals surface area contributed by atoms with E-state index in [0.717, 1.165) is 5.66 Å². The molecule has 5 heteroatoms. The summed E-state index contributed by atoms with van der Waals surface area (Å²) in [4.78, 5) is 0. The van der Waals surface area contributed by atoms with Gasteiger partial charge in [-0.2, -0.15) is 0 Å². The third-order valence-corrected chi connectivity index (χ3v) is 8.26. The molecule has 1 aliphatic rings.